The van der Waals surface area contributed by atoms with Crippen molar-refractivity contribution in [1.29, 1.82) is 0 Å². The van der Waals surface area contributed by atoms with Crippen LogP contribution in [0.5, 0.6) is 0 Å². The van der Waals surface area contributed by atoms with E-state index < -0.39 is 0 Å². The van der Waals surface area contributed by atoms with Gasteiger partial charge in [-0.15, -0.1) is 0 Å². The normalized spacial score (nSPS) is 26.4. The average Bonchev–Trinajstić information content (AvgIpc) is 2.71. The molecule has 0 aliphatic heterocycles. The Morgan fingerprint density at radius 2 is 2.00 bits per heavy atom. The number of para-hydroxylation sites is 1. The van der Waals surface area contributed by atoms with E-state index in [4.69, 9.17) is 5.73 Å². The van der Waals surface area contributed by atoms with E-state index in [2.05, 4.69) is 50.1 Å². The van der Waals surface area contributed by atoms with Gasteiger partial charge in [0.25, 0.3) is 0 Å². The zero-order valence-corrected chi connectivity index (χ0v) is 14.1. The summed E-state index contributed by atoms with van der Waals surface area (Å²) in [5.41, 5.74) is 9.11. The predicted molar refractivity (Wildman–Crippen MR) is 92.9 cm³/mol. The van der Waals surface area contributed by atoms with Crippen molar-refractivity contribution in [2.45, 2.75) is 64.3 Å². The minimum absolute atomic E-state index is 0.147. The van der Waals surface area contributed by atoms with Crippen LogP contribution in [0.2, 0.25) is 0 Å². The third-order valence-corrected chi connectivity index (χ3v) is 5.54. The number of benzene rings is 1. The first-order chi connectivity index (χ1) is 10.1. The fraction of sp³-hybridized carbons (Fsp3) is 0.684. The molecule has 2 rings (SSSR count). The van der Waals surface area contributed by atoms with Gasteiger partial charge in [0.05, 0.1) is 5.54 Å². The van der Waals surface area contributed by atoms with Crippen LogP contribution in [0.25, 0.3) is 0 Å². The van der Waals surface area contributed by atoms with E-state index in [9.17, 15) is 0 Å². The number of hydrogen-bond donors (Lipinski definition) is 1. The molecule has 0 spiro atoms. The first-order valence-corrected chi connectivity index (χ1v) is 8.62. The van der Waals surface area contributed by atoms with E-state index >= 15 is 0 Å². The molecule has 2 unspecified atom stereocenters. The van der Waals surface area contributed by atoms with Gasteiger partial charge < -0.3 is 10.6 Å². The highest BCUT2D eigenvalue weighted by Crippen LogP contribution is 2.38. The summed E-state index contributed by atoms with van der Waals surface area (Å²) in [6.45, 7) is 5.27. The maximum Gasteiger partial charge on any atom is 0.0521 e. The Kier molecular flexibility index (Phi) is 5.69. The molecule has 2 atom stereocenters. The van der Waals surface area contributed by atoms with E-state index in [0.29, 0.717) is 0 Å². The molecule has 0 radical (unpaired) electrons. The van der Waals surface area contributed by atoms with Crippen LogP contribution in [-0.2, 0) is 0 Å². The summed E-state index contributed by atoms with van der Waals surface area (Å²) >= 11 is 0. The highest BCUT2D eigenvalue weighted by molar-refractivity contribution is 5.54. The number of hydrogen-bond acceptors (Lipinski definition) is 2. The molecular formula is C19H32N2. The number of likely N-dealkylation sites (N-methyl/N-ethyl adjacent to an activating group) is 1. The molecule has 1 aromatic rings. The molecule has 0 saturated heterocycles. The van der Waals surface area contributed by atoms with E-state index in [0.717, 1.165) is 12.5 Å². The standard InChI is InChI=1S/C19H32N2/c1-4-8-17-10-7-13-19(15-20,14-12-17)21(3)18-11-6-5-9-16(18)2/h5-6,9,11,17H,4,7-8,10,12-15,20H2,1-3H3. The van der Waals surface area contributed by atoms with Crippen LogP contribution in [0, 0.1) is 12.8 Å². The Hall–Kier alpha value is -1.02. The largest absolute Gasteiger partial charge is 0.367 e. The summed E-state index contributed by atoms with van der Waals surface area (Å²) in [5.74, 6) is 0.911. The summed E-state index contributed by atoms with van der Waals surface area (Å²) in [7, 11) is 2.25. The molecule has 1 aliphatic carbocycles. The summed E-state index contributed by atoms with van der Waals surface area (Å²) in [4.78, 5) is 2.48. The molecule has 1 fully saturated rings. The topological polar surface area (TPSA) is 29.3 Å². The lowest BCUT2D eigenvalue weighted by molar-refractivity contribution is 0.350. The number of aryl methyl sites for hydroxylation is 1. The molecule has 0 bridgehead atoms. The van der Waals surface area contributed by atoms with Gasteiger partial charge in [0, 0.05) is 19.3 Å². The number of nitrogens with zero attached hydrogens (tertiary/aromatic N) is 1. The van der Waals surface area contributed by atoms with Crippen LogP contribution in [0.1, 0.15) is 57.4 Å². The van der Waals surface area contributed by atoms with Crippen LogP contribution < -0.4 is 10.6 Å². The Labute approximate surface area is 130 Å². The molecular weight excluding hydrogens is 256 g/mol. The molecule has 0 amide bonds. The first kappa shape index (κ1) is 16.4. The molecule has 2 N–H and O–H groups in total. The third kappa shape index (κ3) is 3.60. The maximum atomic E-state index is 6.27. The Morgan fingerprint density at radius 3 is 2.67 bits per heavy atom. The monoisotopic (exact) mass is 288 g/mol. The fourth-order valence-corrected chi connectivity index (χ4v) is 4.03. The minimum atomic E-state index is 0.147. The molecule has 1 saturated carbocycles. The fourth-order valence-electron chi connectivity index (χ4n) is 4.03. The molecule has 118 valence electrons. The Bertz CT molecular complexity index is 443. The molecule has 2 nitrogen and oxygen atoms in total. The molecule has 2 heteroatoms. The van der Waals surface area contributed by atoms with Crippen LogP contribution in [0.15, 0.2) is 24.3 Å². The highest BCUT2D eigenvalue weighted by atomic mass is 15.2. The summed E-state index contributed by atoms with van der Waals surface area (Å²) in [5, 5.41) is 0. The first-order valence-electron chi connectivity index (χ1n) is 8.62. The second-order valence-electron chi connectivity index (χ2n) is 6.86. The van der Waals surface area contributed by atoms with Crippen molar-refractivity contribution >= 4 is 5.69 Å². The number of anilines is 1. The van der Waals surface area contributed by atoms with Gasteiger partial charge in [-0.3, -0.25) is 0 Å². The summed E-state index contributed by atoms with van der Waals surface area (Å²) in [6.07, 6.45) is 9.20. The van der Waals surface area contributed by atoms with Crippen LogP contribution in [0.3, 0.4) is 0 Å². The summed E-state index contributed by atoms with van der Waals surface area (Å²) < 4.78 is 0. The van der Waals surface area contributed by atoms with Crippen molar-refractivity contribution in [2.75, 3.05) is 18.5 Å². The zero-order chi connectivity index (χ0) is 15.3. The minimum Gasteiger partial charge on any atom is -0.367 e. The lowest BCUT2D eigenvalue weighted by Gasteiger charge is -2.43. The van der Waals surface area contributed by atoms with Crippen molar-refractivity contribution in [3.63, 3.8) is 0 Å². The number of rotatable bonds is 5. The van der Waals surface area contributed by atoms with E-state index in [1.54, 1.807) is 0 Å². The highest BCUT2D eigenvalue weighted by Gasteiger charge is 2.36. The average molecular weight is 288 g/mol. The van der Waals surface area contributed by atoms with Gasteiger partial charge in [-0.1, -0.05) is 50.8 Å². The van der Waals surface area contributed by atoms with Crippen molar-refractivity contribution in [3.8, 4) is 0 Å². The molecule has 0 aromatic heterocycles. The van der Waals surface area contributed by atoms with Crippen LogP contribution >= 0.6 is 0 Å². The van der Waals surface area contributed by atoms with Crippen LogP contribution in [-0.4, -0.2) is 19.1 Å². The van der Waals surface area contributed by atoms with Gasteiger partial charge in [0.15, 0.2) is 0 Å². The molecule has 0 heterocycles. The van der Waals surface area contributed by atoms with Gasteiger partial charge >= 0.3 is 0 Å². The van der Waals surface area contributed by atoms with Crippen molar-refractivity contribution in [2.24, 2.45) is 11.7 Å². The smallest absolute Gasteiger partial charge is 0.0521 e. The van der Waals surface area contributed by atoms with Crippen molar-refractivity contribution < 1.29 is 0 Å². The molecule has 1 aliphatic rings. The lowest BCUT2D eigenvalue weighted by atomic mass is 9.86. The summed E-state index contributed by atoms with van der Waals surface area (Å²) in [6, 6.07) is 8.69. The van der Waals surface area contributed by atoms with Crippen LogP contribution in [0.4, 0.5) is 5.69 Å². The lowest BCUT2D eigenvalue weighted by Crippen LogP contribution is -2.52. The van der Waals surface area contributed by atoms with Gasteiger partial charge in [0.2, 0.25) is 0 Å². The van der Waals surface area contributed by atoms with Crippen molar-refractivity contribution in [1.82, 2.24) is 0 Å². The second-order valence-corrected chi connectivity index (χ2v) is 6.86. The van der Waals surface area contributed by atoms with E-state index in [1.807, 2.05) is 0 Å². The third-order valence-electron chi connectivity index (χ3n) is 5.54. The quantitative estimate of drug-likeness (QED) is 0.808. The zero-order valence-electron chi connectivity index (χ0n) is 14.1. The van der Waals surface area contributed by atoms with Crippen molar-refractivity contribution in [3.05, 3.63) is 29.8 Å². The maximum absolute atomic E-state index is 6.27. The Balaban J connectivity index is 2.19. The van der Waals surface area contributed by atoms with E-state index in [-0.39, 0.29) is 5.54 Å². The number of nitrogens with two attached hydrogens (primary N) is 1. The predicted octanol–water partition coefficient (Wildman–Crippen LogP) is 4.51. The Morgan fingerprint density at radius 1 is 1.24 bits per heavy atom. The molecule has 21 heavy (non-hydrogen) atoms. The van der Waals surface area contributed by atoms with Gasteiger partial charge in [0.1, 0.15) is 0 Å². The van der Waals surface area contributed by atoms with Gasteiger partial charge in [-0.05, 0) is 43.7 Å². The van der Waals surface area contributed by atoms with E-state index in [1.165, 1.54) is 56.2 Å². The van der Waals surface area contributed by atoms with Gasteiger partial charge in [-0.2, -0.15) is 0 Å². The molecule has 1 aromatic carbocycles. The van der Waals surface area contributed by atoms with Gasteiger partial charge in [-0.25, -0.2) is 0 Å². The second kappa shape index (κ2) is 7.31. The SMILES string of the molecule is CCCC1CCCC(CN)(N(C)c2ccccc2C)CC1.